The molecule has 38 heavy (non-hydrogen) atoms. The molecule has 1 saturated heterocycles. The van der Waals surface area contributed by atoms with Gasteiger partial charge in [0.05, 0.1) is 17.4 Å². The number of nitrogens with one attached hydrogen (secondary N) is 3. The van der Waals surface area contributed by atoms with Crippen LogP contribution in [0, 0.1) is 12.3 Å². The second-order valence-electron chi connectivity index (χ2n) is 9.31. The van der Waals surface area contributed by atoms with Gasteiger partial charge in [-0.15, -0.1) is 0 Å². The summed E-state index contributed by atoms with van der Waals surface area (Å²) in [6, 6.07) is 23.2. The molecule has 4 aromatic rings. The number of hydrogen-bond donors (Lipinski definition) is 3. The van der Waals surface area contributed by atoms with E-state index >= 15 is 0 Å². The zero-order chi connectivity index (χ0) is 26.6. The van der Waals surface area contributed by atoms with Gasteiger partial charge in [0.25, 0.3) is 0 Å². The van der Waals surface area contributed by atoms with Crippen molar-refractivity contribution < 1.29 is 9.59 Å². The molecule has 190 valence electrons. The maximum Gasteiger partial charge on any atom is 0.245 e. The summed E-state index contributed by atoms with van der Waals surface area (Å²) in [7, 11) is 0. The standard InChI is InChI=1S/C28H21Cl2N5O2S/c1-15-21-22(16-7-11-18(29)12-8-16)28(25(36)32-27(38)33-26(28)37)23(17-9-13-19(30)14-10-17)31-24(21)35(34-15)20-5-3-2-4-6-20/h2-14,22-23,31H,1H3,(H2,32,33,36,37,38). The monoisotopic (exact) mass is 561 g/mol. The number of anilines is 1. The lowest BCUT2D eigenvalue weighted by Gasteiger charge is -2.49. The van der Waals surface area contributed by atoms with Crippen molar-refractivity contribution >= 4 is 58.2 Å². The molecule has 0 aliphatic carbocycles. The lowest BCUT2D eigenvalue weighted by Crippen LogP contribution is -2.68. The van der Waals surface area contributed by atoms with Crippen molar-refractivity contribution in [2.24, 2.45) is 5.41 Å². The van der Waals surface area contributed by atoms with Gasteiger partial charge in [0, 0.05) is 21.5 Å². The van der Waals surface area contributed by atoms with Crippen molar-refractivity contribution in [2.45, 2.75) is 18.9 Å². The third-order valence-electron chi connectivity index (χ3n) is 7.20. The topological polar surface area (TPSA) is 88.1 Å². The molecule has 3 aromatic carbocycles. The summed E-state index contributed by atoms with van der Waals surface area (Å²) in [6.45, 7) is 1.88. The molecule has 1 aromatic heterocycles. The maximum atomic E-state index is 14.1. The van der Waals surface area contributed by atoms with Gasteiger partial charge in [0.1, 0.15) is 5.82 Å². The van der Waals surface area contributed by atoms with Crippen LogP contribution in [0.4, 0.5) is 5.82 Å². The SMILES string of the molecule is Cc1nn(-c2ccccc2)c2c1C(c1ccc(Cl)cc1)C1(C(=O)NC(=S)NC1=O)C(c1ccc(Cl)cc1)N2. The summed E-state index contributed by atoms with van der Waals surface area (Å²) in [5.74, 6) is -1.04. The number of aryl methyl sites for hydroxylation is 1. The van der Waals surface area contributed by atoms with Gasteiger partial charge in [0.15, 0.2) is 10.5 Å². The van der Waals surface area contributed by atoms with Crippen molar-refractivity contribution in [2.75, 3.05) is 5.32 Å². The fourth-order valence-electron chi connectivity index (χ4n) is 5.58. The Kier molecular flexibility index (Phi) is 5.98. The average molecular weight is 562 g/mol. The number of nitrogens with zero attached hydrogens (tertiary/aromatic N) is 2. The van der Waals surface area contributed by atoms with E-state index in [9.17, 15) is 9.59 Å². The first-order chi connectivity index (χ1) is 18.3. The van der Waals surface area contributed by atoms with Crippen molar-refractivity contribution in [3.05, 3.63) is 111 Å². The predicted octanol–water partition coefficient (Wildman–Crippen LogP) is 5.30. The number of fused-ring (bicyclic) bond motifs is 1. The van der Waals surface area contributed by atoms with Crippen molar-refractivity contribution in [1.29, 1.82) is 0 Å². The van der Waals surface area contributed by atoms with Gasteiger partial charge >= 0.3 is 0 Å². The number of benzene rings is 3. The van der Waals surface area contributed by atoms with Crippen LogP contribution in [0.5, 0.6) is 0 Å². The molecule has 2 aliphatic heterocycles. The lowest BCUT2D eigenvalue weighted by molar-refractivity contribution is -0.146. The van der Waals surface area contributed by atoms with E-state index in [0.29, 0.717) is 27.1 Å². The normalized spacial score (nSPS) is 19.9. The van der Waals surface area contributed by atoms with Gasteiger partial charge in [-0.25, -0.2) is 4.68 Å². The van der Waals surface area contributed by atoms with Gasteiger partial charge in [0.2, 0.25) is 11.8 Å². The molecule has 0 bridgehead atoms. The molecule has 3 N–H and O–H groups in total. The van der Waals surface area contributed by atoms with Crippen molar-refractivity contribution in [3.63, 3.8) is 0 Å². The lowest BCUT2D eigenvalue weighted by atomic mass is 9.59. The summed E-state index contributed by atoms with van der Waals surface area (Å²) < 4.78 is 1.81. The zero-order valence-corrected chi connectivity index (χ0v) is 22.4. The van der Waals surface area contributed by atoms with Crippen LogP contribution in [-0.4, -0.2) is 26.7 Å². The number of carbonyl (C=O) groups is 2. The van der Waals surface area contributed by atoms with Gasteiger partial charge in [-0.3, -0.25) is 9.59 Å². The first kappa shape index (κ1) is 24.6. The van der Waals surface area contributed by atoms with Gasteiger partial charge < -0.3 is 16.0 Å². The Labute approximate surface area is 234 Å². The van der Waals surface area contributed by atoms with E-state index in [4.69, 9.17) is 40.5 Å². The molecule has 3 heterocycles. The van der Waals surface area contributed by atoms with Crippen LogP contribution < -0.4 is 16.0 Å². The number of aromatic nitrogens is 2. The Hall–Kier alpha value is -3.72. The minimum atomic E-state index is -1.66. The smallest absolute Gasteiger partial charge is 0.245 e. The van der Waals surface area contributed by atoms with Crippen LogP contribution in [0.15, 0.2) is 78.9 Å². The van der Waals surface area contributed by atoms with Crippen molar-refractivity contribution in [1.82, 2.24) is 20.4 Å². The fourth-order valence-corrected chi connectivity index (χ4v) is 6.02. The maximum absolute atomic E-state index is 14.1. The number of para-hydroxylation sites is 1. The van der Waals surface area contributed by atoms with E-state index in [2.05, 4.69) is 16.0 Å². The van der Waals surface area contributed by atoms with Gasteiger partial charge in [-0.05, 0) is 66.7 Å². The van der Waals surface area contributed by atoms with Crippen molar-refractivity contribution in [3.8, 4) is 5.69 Å². The van der Waals surface area contributed by atoms with E-state index in [-0.39, 0.29) is 5.11 Å². The van der Waals surface area contributed by atoms with Crippen LogP contribution >= 0.6 is 35.4 Å². The quantitative estimate of drug-likeness (QED) is 0.233. The van der Waals surface area contributed by atoms with Gasteiger partial charge in [-0.1, -0.05) is 65.7 Å². The summed E-state index contributed by atoms with van der Waals surface area (Å²) in [6.07, 6.45) is 0. The third kappa shape index (κ3) is 3.71. The van der Waals surface area contributed by atoms with Crippen LogP contribution in [0.2, 0.25) is 10.0 Å². The average Bonchev–Trinajstić information content (AvgIpc) is 3.24. The zero-order valence-electron chi connectivity index (χ0n) is 20.0. The molecule has 0 saturated carbocycles. The van der Waals surface area contributed by atoms with E-state index in [1.165, 1.54) is 0 Å². The van der Waals surface area contributed by atoms with E-state index < -0.39 is 29.2 Å². The minimum absolute atomic E-state index is 0.0298. The molecule has 0 radical (unpaired) electrons. The highest BCUT2D eigenvalue weighted by Crippen LogP contribution is 2.58. The summed E-state index contributed by atoms with van der Waals surface area (Å²) in [4.78, 5) is 28.2. The summed E-state index contributed by atoms with van der Waals surface area (Å²) in [5, 5.41) is 14.9. The molecule has 10 heteroatoms. The molecule has 2 amide bonds. The van der Waals surface area contributed by atoms with Crippen LogP contribution in [0.1, 0.15) is 34.3 Å². The largest absolute Gasteiger partial charge is 0.361 e. The summed E-state index contributed by atoms with van der Waals surface area (Å²) in [5.41, 5.74) is 2.04. The predicted molar refractivity (Wildman–Crippen MR) is 151 cm³/mol. The Bertz CT molecular complexity index is 1570. The van der Waals surface area contributed by atoms with E-state index in [1.54, 1.807) is 24.3 Å². The second-order valence-corrected chi connectivity index (χ2v) is 10.6. The Morgan fingerprint density at radius 3 is 1.97 bits per heavy atom. The fraction of sp³-hybridized carbons (Fsp3) is 0.143. The molecule has 1 fully saturated rings. The second kappa shape index (κ2) is 9.23. The molecule has 1 spiro atoms. The first-order valence-electron chi connectivity index (χ1n) is 11.9. The number of halogens is 2. The third-order valence-corrected chi connectivity index (χ3v) is 7.91. The van der Waals surface area contributed by atoms with E-state index in [1.807, 2.05) is 66.2 Å². The van der Waals surface area contributed by atoms with Crippen LogP contribution in [0.25, 0.3) is 5.69 Å². The number of carbonyl (C=O) groups excluding carboxylic acids is 2. The number of thiocarbonyl (C=S) groups is 1. The first-order valence-corrected chi connectivity index (χ1v) is 13.1. The molecule has 2 atom stereocenters. The highest BCUT2D eigenvalue weighted by molar-refractivity contribution is 7.80. The number of rotatable bonds is 3. The number of amides is 2. The highest BCUT2D eigenvalue weighted by atomic mass is 35.5. The minimum Gasteiger partial charge on any atom is -0.361 e. The summed E-state index contributed by atoms with van der Waals surface area (Å²) >= 11 is 17.6. The molecule has 2 unspecified atom stereocenters. The Balaban J connectivity index is 1.70. The highest BCUT2D eigenvalue weighted by Gasteiger charge is 2.64. The van der Waals surface area contributed by atoms with Crippen LogP contribution in [0.3, 0.4) is 0 Å². The molecule has 6 rings (SSSR count). The van der Waals surface area contributed by atoms with Gasteiger partial charge in [-0.2, -0.15) is 5.10 Å². The van der Waals surface area contributed by atoms with Crippen LogP contribution in [-0.2, 0) is 9.59 Å². The Morgan fingerprint density at radius 2 is 1.39 bits per heavy atom. The molecular formula is C28H21Cl2N5O2S. The Morgan fingerprint density at radius 1 is 0.842 bits per heavy atom. The molecule has 2 aliphatic rings. The molecular weight excluding hydrogens is 541 g/mol. The number of hydrogen-bond acceptors (Lipinski definition) is 5. The molecule has 7 nitrogen and oxygen atoms in total. The van der Waals surface area contributed by atoms with E-state index in [0.717, 1.165) is 16.8 Å².